The lowest BCUT2D eigenvalue weighted by atomic mass is 10.3. The summed E-state index contributed by atoms with van der Waals surface area (Å²) in [6, 6.07) is 6.26. The Morgan fingerprint density at radius 2 is 2.14 bits per heavy atom. The summed E-state index contributed by atoms with van der Waals surface area (Å²) in [5, 5.41) is 18.7. The third kappa shape index (κ3) is 3.95. The summed E-state index contributed by atoms with van der Waals surface area (Å²) in [6.07, 6.45) is 3.45. The molecular weight excluding hydrogens is 293 g/mol. The van der Waals surface area contributed by atoms with Gasteiger partial charge in [-0.2, -0.15) is 0 Å². The molecule has 1 aliphatic rings. The second kappa shape index (κ2) is 6.44. The largest absolute Gasteiger partial charge is 0.491 e. The van der Waals surface area contributed by atoms with Gasteiger partial charge in [-0.3, -0.25) is 0 Å². The first kappa shape index (κ1) is 14.3. The molecule has 1 heterocycles. The molecule has 3 rings (SSSR count). The van der Waals surface area contributed by atoms with E-state index >= 15 is 0 Å². The normalized spacial score (nSPS) is 15.9. The van der Waals surface area contributed by atoms with Crippen molar-refractivity contribution in [3.63, 3.8) is 0 Å². The van der Waals surface area contributed by atoms with Crippen molar-refractivity contribution >= 4 is 11.8 Å². The number of rotatable bonds is 7. The van der Waals surface area contributed by atoms with Crippen LogP contribution in [-0.4, -0.2) is 38.3 Å². The van der Waals surface area contributed by atoms with E-state index in [2.05, 4.69) is 14.8 Å². The van der Waals surface area contributed by atoms with Crippen LogP contribution in [0.4, 0.5) is 4.39 Å². The minimum Gasteiger partial charge on any atom is -0.491 e. The average Bonchev–Trinajstić information content (AvgIpc) is 3.23. The molecule has 1 atom stereocenters. The van der Waals surface area contributed by atoms with Crippen LogP contribution in [-0.2, 0) is 0 Å². The van der Waals surface area contributed by atoms with Gasteiger partial charge in [0.05, 0.1) is 6.10 Å². The summed E-state index contributed by atoms with van der Waals surface area (Å²) in [7, 11) is 0. The standard InChI is InChI=1S/C14H16FN3O2S/c15-10-1-5-13(6-2-10)20-7-12(19)8-21-14-17-16-9-18(14)11-3-4-11/h1-2,5-6,9,11-12,19H,3-4,7-8H2. The first-order valence-electron chi connectivity index (χ1n) is 6.81. The summed E-state index contributed by atoms with van der Waals surface area (Å²) in [5.41, 5.74) is 0. The monoisotopic (exact) mass is 309 g/mol. The van der Waals surface area contributed by atoms with Gasteiger partial charge in [-0.05, 0) is 37.1 Å². The zero-order valence-corrected chi connectivity index (χ0v) is 12.2. The van der Waals surface area contributed by atoms with Gasteiger partial charge in [-0.25, -0.2) is 4.39 Å². The summed E-state index contributed by atoms with van der Waals surface area (Å²) in [6.45, 7) is 0.163. The first-order valence-corrected chi connectivity index (χ1v) is 7.79. The Morgan fingerprint density at radius 3 is 2.86 bits per heavy atom. The maximum Gasteiger partial charge on any atom is 0.191 e. The van der Waals surface area contributed by atoms with E-state index in [9.17, 15) is 9.50 Å². The Labute approximate surface area is 126 Å². The van der Waals surface area contributed by atoms with Crippen LogP contribution in [0.5, 0.6) is 5.75 Å². The zero-order chi connectivity index (χ0) is 14.7. The molecule has 2 aromatic rings. The smallest absolute Gasteiger partial charge is 0.191 e. The Hall–Kier alpha value is -1.60. The second-order valence-electron chi connectivity index (χ2n) is 4.98. The van der Waals surface area contributed by atoms with E-state index < -0.39 is 6.10 Å². The van der Waals surface area contributed by atoms with Crippen molar-refractivity contribution in [1.29, 1.82) is 0 Å². The molecule has 1 aromatic carbocycles. The number of thioether (sulfide) groups is 1. The Morgan fingerprint density at radius 1 is 1.38 bits per heavy atom. The number of hydrogen-bond donors (Lipinski definition) is 1. The Bertz CT molecular complexity index is 586. The molecule has 1 unspecified atom stereocenters. The fraction of sp³-hybridized carbons (Fsp3) is 0.429. The van der Waals surface area contributed by atoms with Crippen molar-refractivity contribution in [2.24, 2.45) is 0 Å². The third-order valence-electron chi connectivity index (χ3n) is 3.14. The van der Waals surface area contributed by atoms with Crippen LogP contribution in [0.15, 0.2) is 35.7 Å². The first-order chi connectivity index (χ1) is 10.2. The number of halogens is 1. The quantitative estimate of drug-likeness (QED) is 0.795. The zero-order valence-electron chi connectivity index (χ0n) is 11.4. The molecule has 1 fully saturated rings. The number of aliphatic hydroxyl groups is 1. The molecular formula is C14H16FN3O2S. The van der Waals surface area contributed by atoms with E-state index in [0.29, 0.717) is 17.5 Å². The molecule has 1 aliphatic carbocycles. The van der Waals surface area contributed by atoms with Crippen LogP contribution in [0, 0.1) is 5.82 Å². The van der Waals surface area contributed by atoms with E-state index in [1.54, 1.807) is 18.5 Å². The van der Waals surface area contributed by atoms with Gasteiger partial charge in [0, 0.05) is 11.8 Å². The van der Waals surface area contributed by atoms with E-state index in [-0.39, 0.29) is 12.4 Å². The summed E-state index contributed by atoms with van der Waals surface area (Å²) >= 11 is 1.47. The van der Waals surface area contributed by atoms with Gasteiger partial charge in [-0.15, -0.1) is 10.2 Å². The highest BCUT2D eigenvalue weighted by atomic mass is 32.2. The molecule has 0 aliphatic heterocycles. The minimum absolute atomic E-state index is 0.163. The van der Waals surface area contributed by atoms with Gasteiger partial charge in [0.25, 0.3) is 0 Å². The van der Waals surface area contributed by atoms with E-state index in [4.69, 9.17) is 4.74 Å². The summed E-state index contributed by atoms with van der Waals surface area (Å²) in [4.78, 5) is 0. The number of nitrogens with zero attached hydrogens (tertiary/aromatic N) is 3. The van der Waals surface area contributed by atoms with Gasteiger partial charge in [0.2, 0.25) is 0 Å². The topological polar surface area (TPSA) is 60.2 Å². The van der Waals surface area contributed by atoms with E-state index in [1.807, 2.05) is 0 Å². The van der Waals surface area contributed by atoms with Crippen molar-refractivity contribution in [3.05, 3.63) is 36.4 Å². The molecule has 0 radical (unpaired) electrons. The van der Waals surface area contributed by atoms with Crippen molar-refractivity contribution in [3.8, 4) is 5.75 Å². The highest BCUT2D eigenvalue weighted by Gasteiger charge is 2.26. The molecule has 1 N–H and O–H groups in total. The Balaban J connectivity index is 1.44. The molecule has 1 aromatic heterocycles. The molecule has 0 bridgehead atoms. The van der Waals surface area contributed by atoms with Crippen LogP contribution in [0.1, 0.15) is 18.9 Å². The summed E-state index contributed by atoms with van der Waals surface area (Å²) < 4.78 is 20.2. The predicted molar refractivity (Wildman–Crippen MR) is 76.9 cm³/mol. The van der Waals surface area contributed by atoms with Crippen LogP contribution < -0.4 is 4.74 Å². The van der Waals surface area contributed by atoms with Gasteiger partial charge >= 0.3 is 0 Å². The minimum atomic E-state index is -0.621. The lowest BCUT2D eigenvalue weighted by Gasteiger charge is -2.12. The average molecular weight is 309 g/mol. The third-order valence-corrected chi connectivity index (χ3v) is 4.24. The molecule has 21 heavy (non-hydrogen) atoms. The molecule has 7 heteroatoms. The van der Waals surface area contributed by atoms with E-state index in [0.717, 1.165) is 5.16 Å². The molecule has 1 saturated carbocycles. The summed E-state index contributed by atoms with van der Waals surface area (Å²) in [5.74, 6) is 0.714. The van der Waals surface area contributed by atoms with Crippen LogP contribution in [0.3, 0.4) is 0 Å². The fourth-order valence-electron chi connectivity index (χ4n) is 1.88. The van der Waals surface area contributed by atoms with Crippen molar-refractivity contribution in [1.82, 2.24) is 14.8 Å². The lowest BCUT2D eigenvalue weighted by Crippen LogP contribution is -2.20. The second-order valence-corrected chi connectivity index (χ2v) is 5.97. The van der Waals surface area contributed by atoms with Gasteiger partial charge in [0.1, 0.15) is 24.5 Å². The van der Waals surface area contributed by atoms with Gasteiger partial charge in [-0.1, -0.05) is 11.8 Å². The number of ether oxygens (including phenoxy) is 1. The molecule has 0 spiro atoms. The van der Waals surface area contributed by atoms with Crippen molar-refractivity contribution < 1.29 is 14.2 Å². The van der Waals surface area contributed by atoms with Crippen LogP contribution >= 0.6 is 11.8 Å². The number of aliphatic hydroxyl groups excluding tert-OH is 1. The molecule has 0 saturated heterocycles. The predicted octanol–water partition coefficient (Wildman–Crippen LogP) is 2.28. The molecule has 0 amide bonds. The molecule has 112 valence electrons. The number of aromatic nitrogens is 3. The maximum absolute atomic E-state index is 12.7. The van der Waals surface area contributed by atoms with Gasteiger partial charge in [0.15, 0.2) is 5.16 Å². The number of hydrogen-bond acceptors (Lipinski definition) is 5. The number of benzene rings is 1. The highest BCUT2D eigenvalue weighted by molar-refractivity contribution is 7.99. The molecule has 5 nitrogen and oxygen atoms in total. The van der Waals surface area contributed by atoms with Crippen LogP contribution in [0.2, 0.25) is 0 Å². The van der Waals surface area contributed by atoms with Crippen LogP contribution in [0.25, 0.3) is 0 Å². The lowest BCUT2D eigenvalue weighted by molar-refractivity contribution is 0.126. The van der Waals surface area contributed by atoms with Crippen molar-refractivity contribution in [2.45, 2.75) is 30.1 Å². The SMILES string of the molecule is OC(COc1ccc(F)cc1)CSc1nncn1C1CC1. The highest BCUT2D eigenvalue weighted by Crippen LogP contribution is 2.37. The Kier molecular flexibility index (Phi) is 4.40. The van der Waals surface area contributed by atoms with E-state index in [1.165, 1.54) is 36.7 Å². The van der Waals surface area contributed by atoms with Crippen molar-refractivity contribution in [2.75, 3.05) is 12.4 Å². The maximum atomic E-state index is 12.7. The fourth-order valence-corrected chi connectivity index (χ4v) is 2.77. The van der Waals surface area contributed by atoms with Gasteiger partial charge < -0.3 is 14.4 Å².